The molecule has 1 aliphatic heterocycles. The topological polar surface area (TPSA) is 79.6 Å². The van der Waals surface area contributed by atoms with E-state index >= 15 is 0 Å². The van der Waals surface area contributed by atoms with E-state index in [9.17, 15) is 9.59 Å². The number of carbonyl (C=O) groups is 2. The van der Waals surface area contributed by atoms with Gasteiger partial charge in [-0.2, -0.15) is 0 Å². The van der Waals surface area contributed by atoms with Crippen molar-refractivity contribution in [2.24, 2.45) is 0 Å². The highest BCUT2D eigenvalue weighted by molar-refractivity contribution is 7.98. The van der Waals surface area contributed by atoms with Crippen LogP contribution in [-0.4, -0.2) is 43.9 Å². The number of imidazole rings is 1. The van der Waals surface area contributed by atoms with E-state index in [0.29, 0.717) is 37.3 Å². The highest BCUT2D eigenvalue weighted by Gasteiger charge is 2.26. The molecule has 34 heavy (non-hydrogen) atoms. The molecule has 7 nitrogen and oxygen atoms in total. The van der Waals surface area contributed by atoms with E-state index in [0.717, 1.165) is 27.4 Å². The Kier molecular flexibility index (Phi) is 6.06. The molecule has 5 rings (SSSR count). The molecule has 172 valence electrons. The van der Waals surface area contributed by atoms with Gasteiger partial charge in [0.15, 0.2) is 0 Å². The fourth-order valence-electron chi connectivity index (χ4n) is 4.43. The number of aryl methyl sites for hydroxylation is 1. The summed E-state index contributed by atoms with van der Waals surface area (Å²) in [4.78, 5) is 37.8. The molecule has 1 N–H and O–H groups in total. The molecular weight excluding hydrogens is 446 g/mol. The molecule has 3 aromatic heterocycles. The van der Waals surface area contributed by atoms with Crippen LogP contribution in [-0.2, 0) is 19.5 Å². The normalized spacial score (nSPS) is 13.1. The number of fused-ring (bicyclic) bond motifs is 2. The largest absolute Gasteiger partial charge is 0.348 e. The summed E-state index contributed by atoms with van der Waals surface area (Å²) in [5.74, 6) is -0.181. The van der Waals surface area contributed by atoms with Crippen molar-refractivity contribution in [2.45, 2.75) is 31.3 Å². The van der Waals surface area contributed by atoms with Gasteiger partial charge in [0.05, 0.1) is 5.56 Å². The van der Waals surface area contributed by atoms with Crippen molar-refractivity contribution in [1.82, 2.24) is 24.6 Å². The third kappa shape index (κ3) is 4.17. The van der Waals surface area contributed by atoms with Gasteiger partial charge in [0.25, 0.3) is 11.8 Å². The van der Waals surface area contributed by atoms with Crippen LogP contribution in [0.15, 0.2) is 66.0 Å². The van der Waals surface area contributed by atoms with Crippen LogP contribution in [0, 0.1) is 6.92 Å². The molecule has 0 bridgehead atoms. The van der Waals surface area contributed by atoms with E-state index in [1.165, 1.54) is 5.56 Å². The van der Waals surface area contributed by atoms with Crippen LogP contribution in [0.1, 0.15) is 43.2 Å². The maximum absolute atomic E-state index is 13.1. The number of nitrogens with zero attached hydrogens (tertiary/aromatic N) is 4. The van der Waals surface area contributed by atoms with Crippen LogP contribution in [0.5, 0.6) is 0 Å². The van der Waals surface area contributed by atoms with Crippen LogP contribution in [0.3, 0.4) is 0 Å². The summed E-state index contributed by atoms with van der Waals surface area (Å²) < 4.78 is 1.85. The highest BCUT2D eigenvalue weighted by atomic mass is 32.2. The molecule has 0 spiro atoms. The Balaban J connectivity index is 1.33. The number of benzene rings is 1. The number of pyridine rings is 2. The predicted octanol–water partition coefficient (Wildman–Crippen LogP) is 3.89. The lowest BCUT2D eigenvalue weighted by molar-refractivity contribution is 0.0729. The summed E-state index contributed by atoms with van der Waals surface area (Å²) in [5, 5.41) is 3.07. The molecule has 4 aromatic rings. The second-order valence-corrected chi connectivity index (χ2v) is 9.13. The Morgan fingerprint density at radius 3 is 2.79 bits per heavy atom. The molecule has 0 unspecified atom stereocenters. The van der Waals surface area contributed by atoms with Crippen molar-refractivity contribution in [2.75, 3.05) is 12.8 Å². The molecule has 4 heterocycles. The van der Waals surface area contributed by atoms with Gasteiger partial charge in [-0.25, -0.2) is 4.98 Å². The van der Waals surface area contributed by atoms with Gasteiger partial charge < -0.3 is 14.6 Å². The van der Waals surface area contributed by atoms with E-state index in [1.54, 1.807) is 18.0 Å². The Hall–Kier alpha value is -3.65. The van der Waals surface area contributed by atoms with Crippen molar-refractivity contribution in [3.63, 3.8) is 0 Å². The lowest BCUT2D eigenvalue weighted by Crippen LogP contribution is -2.37. The van der Waals surface area contributed by atoms with Gasteiger partial charge in [0.1, 0.15) is 11.3 Å². The summed E-state index contributed by atoms with van der Waals surface area (Å²) in [6, 6.07) is 13.3. The number of thioether (sulfide) groups is 1. The van der Waals surface area contributed by atoms with Gasteiger partial charge >= 0.3 is 0 Å². The van der Waals surface area contributed by atoms with Crippen LogP contribution >= 0.6 is 11.8 Å². The minimum Gasteiger partial charge on any atom is -0.348 e. The molecular formula is C26H25N5O2S. The monoisotopic (exact) mass is 471 g/mol. The third-order valence-electron chi connectivity index (χ3n) is 6.24. The first-order valence-corrected chi connectivity index (χ1v) is 12.4. The summed E-state index contributed by atoms with van der Waals surface area (Å²) in [6.07, 6.45) is 8.18. The van der Waals surface area contributed by atoms with E-state index in [1.807, 2.05) is 77.3 Å². The Bertz CT molecular complexity index is 1360. The molecule has 0 saturated carbocycles. The summed E-state index contributed by atoms with van der Waals surface area (Å²) >= 11 is 1.56. The molecule has 0 aliphatic carbocycles. The Morgan fingerprint density at radius 1 is 1.15 bits per heavy atom. The fourth-order valence-corrected chi connectivity index (χ4v) is 5.02. The van der Waals surface area contributed by atoms with E-state index in [4.69, 9.17) is 0 Å². The minimum atomic E-state index is -0.0959. The van der Waals surface area contributed by atoms with Gasteiger partial charge in [-0.15, -0.1) is 11.8 Å². The average molecular weight is 472 g/mol. The molecule has 0 atom stereocenters. The summed E-state index contributed by atoms with van der Waals surface area (Å²) in [6.45, 7) is 3.45. The first-order valence-electron chi connectivity index (χ1n) is 11.2. The van der Waals surface area contributed by atoms with Gasteiger partial charge in [-0.1, -0.05) is 18.2 Å². The molecule has 1 aromatic carbocycles. The third-order valence-corrected chi connectivity index (χ3v) is 7.04. The van der Waals surface area contributed by atoms with Crippen molar-refractivity contribution < 1.29 is 9.59 Å². The van der Waals surface area contributed by atoms with Crippen LogP contribution < -0.4 is 5.32 Å². The first kappa shape index (κ1) is 22.2. The van der Waals surface area contributed by atoms with Gasteiger partial charge in [-0.05, 0) is 60.6 Å². The zero-order chi connectivity index (χ0) is 23.7. The SMILES string of the molecule is CSc1ccccc1C(=O)NCc1c(C)ncc2c1CCN(C(=O)c1cn3ccccc3n1)C2. The van der Waals surface area contributed by atoms with E-state index < -0.39 is 0 Å². The molecule has 0 radical (unpaired) electrons. The van der Waals surface area contributed by atoms with Crippen molar-refractivity contribution in [3.8, 4) is 0 Å². The van der Waals surface area contributed by atoms with Crippen LogP contribution in [0.4, 0.5) is 0 Å². The quantitative estimate of drug-likeness (QED) is 0.447. The fraction of sp³-hybridized carbons (Fsp3) is 0.231. The number of aromatic nitrogens is 3. The smallest absolute Gasteiger partial charge is 0.274 e. The van der Waals surface area contributed by atoms with Gasteiger partial charge in [-0.3, -0.25) is 14.6 Å². The first-order chi connectivity index (χ1) is 16.5. The number of nitrogens with one attached hydrogen (secondary N) is 1. The maximum atomic E-state index is 13.1. The molecule has 0 fully saturated rings. The van der Waals surface area contributed by atoms with Crippen LogP contribution in [0.25, 0.3) is 5.65 Å². The zero-order valence-electron chi connectivity index (χ0n) is 19.1. The lowest BCUT2D eigenvalue weighted by Gasteiger charge is -2.30. The molecule has 0 saturated heterocycles. The molecule has 1 aliphatic rings. The Morgan fingerprint density at radius 2 is 1.97 bits per heavy atom. The summed E-state index contributed by atoms with van der Waals surface area (Å²) in [7, 11) is 0. The summed E-state index contributed by atoms with van der Waals surface area (Å²) in [5.41, 5.74) is 5.99. The highest BCUT2D eigenvalue weighted by Crippen LogP contribution is 2.26. The van der Waals surface area contributed by atoms with Gasteiger partial charge in [0, 0.05) is 48.8 Å². The number of hydrogen-bond acceptors (Lipinski definition) is 5. The zero-order valence-corrected chi connectivity index (χ0v) is 19.9. The van der Waals surface area contributed by atoms with Crippen molar-refractivity contribution in [1.29, 1.82) is 0 Å². The van der Waals surface area contributed by atoms with E-state index in [2.05, 4.69) is 15.3 Å². The Labute approximate surface area is 202 Å². The van der Waals surface area contributed by atoms with Crippen LogP contribution in [0.2, 0.25) is 0 Å². The number of hydrogen-bond donors (Lipinski definition) is 1. The predicted molar refractivity (Wildman–Crippen MR) is 132 cm³/mol. The second kappa shape index (κ2) is 9.30. The maximum Gasteiger partial charge on any atom is 0.274 e. The number of rotatable bonds is 5. The second-order valence-electron chi connectivity index (χ2n) is 8.28. The molecule has 8 heteroatoms. The lowest BCUT2D eigenvalue weighted by atomic mass is 9.94. The van der Waals surface area contributed by atoms with Crippen molar-refractivity contribution >= 4 is 29.2 Å². The minimum absolute atomic E-state index is 0.0848. The molecule has 2 amide bonds. The van der Waals surface area contributed by atoms with Crippen molar-refractivity contribution in [3.05, 3.63) is 94.7 Å². The number of carbonyl (C=O) groups excluding carboxylic acids is 2. The van der Waals surface area contributed by atoms with E-state index in [-0.39, 0.29) is 11.8 Å². The standard InChI is InChI=1S/C26H25N5O2S/c1-17-21(14-28-25(32)20-7-3-4-8-23(20)34-2)19-10-12-31(15-18(19)13-27-17)26(33)22-16-30-11-6-5-9-24(30)29-22/h3-9,11,13,16H,10,12,14-15H2,1-2H3,(H,28,32). The average Bonchev–Trinajstić information content (AvgIpc) is 3.31. The van der Waals surface area contributed by atoms with Gasteiger partial charge in [0.2, 0.25) is 0 Å². The number of amides is 2.